The number of H-pyrrole nitrogens is 1. The molecule has 30 heavy (non-hydrogen) atoms. The molecule has 8 nitrogen and oxygen atoms in total. The van der Waals surface area contributed by atoms with E-state index in [1.165, 1.54) is 0 Å². The number of aromatic nitrogens is 2. The van der Waals surface area contributed by atoms with E-state index in [0.29, 0.717) is 16.4 Å². The molecule has 2 aromatic carbocycles. The fraction of sp³-hybridized carbons (Fsp3) is 0.143. The number of nitrogens with zero attached hydrogens (tertiary/aromatic N) is 1. The summed E-state index contributed by atoms with van der Waals surface area (Å²) in [6.07, 6.45) is -0.142. The molecule has 0 radical (unpaired) electrons. The first-order valence-corrected chi connectivity index (χ1v) is 9.61. The number of hydrogen-bond acceptors (Lipinski definition) is 5. The predicted molar refractivity (Wildman–Crippen MR) is 115 cm³/mol. The van der Waals surface area contributed by atoms with Crippen LogP contribution in [0.3, 0.4) is 0 Å². The Balaban J connectivity index is 1.64. The minimum absolute atomic E-state index is 0.0592. The third-order valence-corrected chi connectivity index (χ3v) is 4.88. The number of hydrogen-bond donors (Lipinski definition) is 4. The molecule has 0 fully saturated rings. The molecule has 9 heteroatoms. The van der Waals surface area contributed by atoms with E-state index in [1.807, 2.05) is 25.1 Å². The van der Waals surface area contributed by atoms with E-state index in [4.69, 9.17) is 11.6 Å². The van der Waals surface area contributed by atoms with Crippen molar-refractivity contribution < 1.29 is 9.59 Å². The number of halogens is 1. The Labute approximate surface area is 176 Å². The number of anilines is 4. The Morgan fingerprint density at radius 1 is 1.13 bits per heavy atom. The standard InChI is InChI=1S/C21H18ClN5O3/c1-11-4-2-6-13(8-11)23-19(29)15-10-16(28)25-18-17(15)20(30)27-21(26-18)24-14-7-3-5-12(22)9-14/h2-9,15H,10H2,1H3,(H,23,29)(H3,24,25,26,27,28,30)/t15-/m1/s1. The van der Waals surface area contributed by atoms with Gasteiger partial charge in [-0.3, -0.25) is 19.4 Å². The fourth-order valence-corrected chi connectivity index (χ4v) is 3.50. The van der Waals surface area contributed by atoms with Crippen LogP contribution in [-0.2, 0) is 9.59 Å². The Morgan fingerprint density at radius 3 is 2.67 bits per heavy atom. The van der Waals surface area contributed by atoms with E-state index >= 15 is 0 Å². The monoisotopic (exact) mass is 423 g/mol. The van der Waals surface area contributed by atoms with E-state index in [0.717, 1.165) is 5.56 Å². The van der Waals surface area contributed by atoms with Crippen molar-refractivity contribution >= 4 is 46.6 Å². The number of carbonyl (C=O) groups excluding carboxylic acids is 2. The number of aryl methyl sites for hydroxylation is 1. The van der Waals surface area contributed by atoms with E-state index in [-0.39, 0.29) is 23.8 Å². The molecule has 2 heterocycles. The number of aromatic amines is 1. The molecule has 0 aliphatic carbocycles. The second-order valence-electron chi connectivity index (χ2n) is 6.98. The second-order valence-corrected chi connectivity index (χ2v) is 7.41. The molecule has 2 amide bonds. The van der Waals surface area contributed by atoms with Crippen molar-refractivity contribution in [3.63, 3.8) is 0 Å². The van der Waals surface area contributed by atoms with Crippen LogP contribution in [-0.4, -0.2) is 21.8 Å². The van der Waals surface area contributed by atoms with Crippen molar-refractivity contribution in [1.29, 1.82) is 0 Å². The number of nitrogens with one attached hydrogen (secondary N) is 4. The van der Waals surface area contributed by atoms with E-state index in [2.05, 4.69) is 25.9 Å². The van der Waals surface area contributed by atoms with Gasteiger partial charge in [-0.15, -0.1) is 0 Å². The highest BCUT2D eigenvalue weighted by molar-refractivity contribution is 6.30. The third-order valence-electron chi connectivity index (χ3n) is 4.64. The van der Waals surface area contributed by atoms with E-state index < -0.39 is 23.3 Å². The Hall–Kier alpha value is -3.65. The maximum Gasteiger partial charge on any atom is 0.258 e. The molecule has 1 aliphatic heterocycles. The quantitative estimate of drug-likeness (QED) is 0.512. The highest BCUT2D eigenvalue weighted by Crippen LogP contribution is 2.30. The second kappa shape index (κ2) is 8.00. The molecule has 3 aromatic rings. The molecule has 4 rings (SSSR count). The highest BCUT2D eigenvalue weighted by Gasteiger charge is 2.34. The smallest absolute Gasteiger partial charge is 0.258 e. The number of rotatable bonds is 4. The predicted octanol–water partition coefficient (Wildman–Crippen LogP) is 3.54. The van der Waals surface area contributed by atoms with E-state index in [9.17, 15) is 14.4 Å². The minimum atomic E-state index is -0.953. The lowest BCUT2D eigenvalue weighted by atomic mass is 9.92. The first-order valence-electron chi connectivity index (χ1n) is 9.23. The molecule has 0 saturated carbocycles. The van der Waals surface area contributed by atoms with Gasteiger partial charge in [0.05, 0.1) is 11.5 Å². The molecule has 0 bridgehead atoms. The van der Waals surface area contributed by atoms with Gasteiger partial charge >= 0.3 is 0 Å². The van der Waals surface area contributed by atoms with Gasteiger partial charge in [-0.1, -0.05) is 29.8 Å². The number of carbonyl (C=O) groups is 2. The van der Waals surface area contributed by atoms with Gasteiger partial charge in [0.25, 0.3) is 5.56 Å². The zero-order valence-corrected chi connectivity index (χ0v) is 16.7. The summed E-state index contributed by atoms with van der Waals surface area (Å²) in [6.45, 7) is 1.90. The summed E-state index contributed by atoms with van der Waals surface area (Å²) >= 11 is 5.97. The molecular weight excluding hydrogens is 406 g/mol. The van der Waals surface area contributed by atoms with Crippen LogP contribution in [0, 0.1) is 6.92 Å². The maximum atomic E-state index is 12.9. The summed E-state index contributed by atoms with van der Waals surface area (Å²) in [7, 11) is 0. The first-order chi connectivity index (χ1) is 14.4. The molecular formula is C21H18ClN5O3. The first kappa shape index (κ1) is 19.7. The molecule has 152 valence electrons. The maximum absolute atomic E-state index is 12.9. The summed E-state index contributed by atoms with van der Waals surface area (Å²) in [5, 5.41) is 8.80. The van der Waals surface area contributed by atoms with Crippen molar-refractivity contribution in [2.45, 2.75) is 19.3 Å². The molecule has 1 aliphatic rings. The Kier molecular flexibility index (Phi) is 5.24. The van der Waals surface area contributed by atoms with Crippen LogP contribution >= 0.6 is 11.6 Å². The topological polar surface area (TPSA) is 116 Å². The van der Waals surface area contributed by atoms with Crippen LogP contribution in [0.15, 0.2) is 53.3 Å². The SMILES string of the molecule is Cc1cccc(NC(=O)[C@@H]2CC(=O)Nc3nc(Nc4cccc(Cl)c4)[nH]c(=O)c32)c1. The van der Waals surface area contributed by atoms with Crippen molar-refractivity contribution in [3.05, 3.63) is 75.0 Å². The highest BCUT2D eigenvalue weighted by atomic mass is 35.5. The summed E-state index contributed by atoms with van der Waals surface area (Å²) in [6, 6.07) is 14.1. The molecule has 4 N–H and O–H groups in total. The molecule has 0 unspecified atom stereocenters. The Morgan fingerprint density at radius 2 is 1.90 bits per heavy atom. The van der Waals surface area contributed by atoms with Crippen LogP contribution in [0.25, 0.3) is 0 Å². The summed E-state index contributed by atoms with van der Waals surface area (Å²) in [5.41, 5.74) is 1.80. The van der Waals surface area contributed by atoms with Gasteiger partial charge < -0.3 is 16.0 Å². The lowest BCUT2D eigenvalue weighted by Crippen LogP contribution is -2.36. The largest absolute Gasteiger partial charge is 0.326 e. The molecule has 0 saturated heterocycles. The number of fused-ring (bicyclic) bond motifs is 1. The van der Waals surface area contributed by atoms with Crippen LogP contribution in [0.1, 0.15) is 23.5 Å². The number of amides is 2. The van der Waals surface area contributed by atoms with Gasteiger partial charge in [0.2, 0.25) is 17.8 Å². The van der Waals surface area contributed by atoms with Crippen LogP contribution in [0.2, 0.25) is 5.02 Å². The van der Waals surface area contributed by atoms with Crippen molar-refractivity contribution in [1.82, 2.24) is 9.97 Å². The molecule has 1 aromatic heterocycles. The lowest BCUT2D eigenvalue weighted by Gasteiger charge is -2.23. The van der Waals surface area contributed by atoms with Crippen LogP contribution < -0.4 is 21.5 Å². The van der Waals surface area contributed by atoms with Crippen LogP contribution in [0.5, 0.6) is 0 Å². The van der Waals surface area contributed by atoms with Crippen molar-refractivity contribution in [2.24, 2.45) is 0 Å². The van der Waals surface area contributed by atoms with Gasteiger partial charge in [0, 0.05) is 22.8 Å². The average Bonchev–Trinajstić information content (AvgIpc) is 2.67. The minimum Gasteiger partial charge on any atom is -0.326 e. The fourth-order valence-electron chi connectivity index (χ4n) is 3.31. The normalized spacial score (nSPS) is 15.1. The molecule has 0 spiro atoms. The summed E-state index contributed by atoms with van der Waals surface area (Å²) in [4.78, 5) is 44.7. The zero-order chi connectivity index (χ0) is 21.3. The van der Waals surface area contributed by atoms with Gasteiger partial charge in [0.1, 0.15) is 5.82 Å². The van der Waals surface area contributed by atoms with Crippen LogP contribution in [0.4, 0.5) is 23.1 Å². The van der Waals surface area contributed by atoms with Gasteiger partial charge in [-0.05, 0) is 42.8 Å². The van der Waals surface area contributed by atoms with Gasteiger partial charge in [-0.2, -0.15) is 4.98 Å². The van der Waals surface area contributed by atoms with Crippen molar-refractivity contribution in [3.8, 4) is 0 Å². The Bertz CT molecular complexity index is 1210. The molecule has 1 atom stereocenters. The third kappa shape index (κ3) is 4.18. The summed E-state index contributed by atoms with van der Waals surface area (Å²) < 4.78 is 0. The average molecular weight is 424 g/mol. The van der Waals surface area contributed by atoms with Crippen molar-refractivity contribution in [2.75, 3.05) is 16.0 Å². The number of benzene rings is 2. The zero-order valence-electron chi connectivity index (χ0n) is 16.0. The summed E-state index contributed by atoms with van der Waals surface area (Å²) in [5.74, 6) is -1.60. The lowest BCUT2D eigenvalue weighted by molar-refractivity contribution is -0.123. The van der Waals surface area contributed by atoms with Gasteiger partial charge in [-0.25, -0.2) is 0 Å². The van der Waals surface area contributed by atoms with E-state index in [1.54, 1.807) is 30.3 Å². The van der Waals surface area contributed by atoms with Gasteiger partial charge in [0.15, 0.2) is 0 Å².